The molecular weight excluding hydrogens is 338 g/mol. The van der Waals surface area contributed by atoms with Crippen LogP contribution in [-0.2, 0) is 24.3 Å². The van der Waals surface area contributed by atoms with Gasteiger partial charge < -0.3 is 5.32 Å². The Labute approximate surface area is 159 Å². The summed E-state index contributed by atoms with van der Waals surface area (Å²) in [4.78, 5) is 14.9. The molecule has 1 N–H and O–H groups in total. The fourth-order valence-electron chi connectivity index (χ4n) is 3.67. The van der Waals surface area contributed by atoms with Gasteiger partial charge in [0.25, 0.3) is 0 Å². The predicted octanol–water partition coefficient (Wildman–Crippen LogP) is 2.38. The zero-order valence-electron chi connectivity index (χ0n) is 15.9. The van der Waals surface area contributed by atoms with Crippen molar-refractivity contribution in [2.75, 3.05) is 13.1 Å². The molecule has 1 aliphatic heterocycles. The Kier molecular flexibility index (Phi) is 4.66. The van der Waals surface area contributed by atoms with Crippen molar-refractivity contribution < 1.29 is 4.79 Å². The molecule has 3 aromatic rings. The van der Waals surface area contributed by atoms with Crippen LogP contribution < -0.4 is 5.32 Å². The maximum atomic E-state index is 12.5. The van der Waals surface area contributed by atoms with Gasteiger partial charge in [0.1, 0.15) is 12.1 Å². The first-order chi connectivity index (χ1) is 13.0. The zero-order valence-corrected chi connectivity index (χ0v) is 15.9. The van der Waals surface area contributed by atoms with Gasteiger partial charge >= 0.3 is 0 Å². The summed E-state index contributed by atoms with van der Waals surface area (Å²) < 4.78 is 1.65. The minimum atomic E-state index is -0.117. The van der Waals surface area contributed by atoms with Crippen LogP contribution in [0.2, 0.25) is 0 Å². The van der Waals surface area contributed by atoms with E-state index in [4.69, 9.17) is 0 Å². The lowest BCUT2D eigenvalue weighted by Gasteiger charge is -2.41. The zero-order chi connectivity index (χ0) is 18.9. The van der Waals surface area contributed by atoms with Crippen LogP contribution >= 0.6 is 0 Å². The van der Waals surface area contributed by atoms with E-state index in [0.29, 0.717) is 6.54 Å². The minimum Gasteiger partial charge on any atom is -0.353 e. The van der Waals surface area contributed by atoms with E-state index in [2.05, 4.69) is 58.6 Å². The molecule has 1 aliphatic rings. The Morgan fingerprint density at radius 2 is 1.85 bits per heavy atom. The SMILES string of the molecule is CC(C)(CNC(=O)Cn1nnc2ccccc21)N1CCc2ccccc2C1. The fraction of sp³-hybridized carbons (Fsp3) is 0.381. The number of carbonyl (C=O) groups excluding carboxylic acids is 1. The summed E-state index contributed by atoms with van der Waals surface area (Å²) in [5, 5.41) is 11.3. The number of hydrogen-bond donors (Lipinski definition) is 1. The third-order valence-electron chi connectivity index (χ3n) is 5.42. The number of aromatic nitrogens is 3. The number of para-hydroxylation sites is 1. The van der Waals surface area contributed by atoms with Crippen LogP contribution in [0.25, 0.3) is 11.0 Å². The van der Waals surface area contributed by atoms with Gasteiger partial charge in [-0.2, -0.15) is 0 Å². The molecule has 0 bridgehead atoms. The lowest BCUT2D eigenvalue weighted by Crippen LogP contribution is -2.53. The van der Waals surface area contributed by atoms with Gasteiger partial charge in [0.05, 0.1) is 5.52 Å². The van der Waals surface area contributed by atoms with Crippen LogP contribution in [0.4, 0.5) is 0 Å². The number of hydrogen-bond acceptors (Lipinski definition) is 4. The maximum absolute atomic E-state index is 12.5. The average Bonchev–Trinajstić information content (AvgIpc) is 3.09. The molecule has 27 heavy (non-hydrogen) atoms. The second-order valence-corrected chi connectivity index (χ2v) is 7.77. The van der Waals surface area contributed by atoms with Gasteiger partial charge in [-0.25, -0.2) is 4.68 Å². The highest BCUT2D eigenvalue weighted by Crippen LogP contribution is 2.24. The summed E-state index contributed by atoms with van der Waals surface area (Å²) >= 11 is 0. The summed E-state index contributed by atoms with van der Waals surface area (Å²) in [5.41, 5.74) is 4.38. The Bertz CT molecular complexity index is 962. The van der Waals surface area contributed by atoms with Gasteiger partial charge in [-0.3, -0.25) is 9.69 Å². The molecular formula is C21H25N5O. The summed E-state index contributed by atoms with van der Waals surface area (Å²) in [5.74, 6) is -0.0452. The molecule has 2 aromatic carbocycles. The Hall–Kier alpha value is -2.73. The van der Waals surface area contributed by atoms with E-state index < -0.39 is 0 Å². The lowest BCUT2D eigenvalue weighted by atomic mass is 9.94. The number of nitrogens with zero attached hydrogens (tertiary/aromatic N) is 4. The van der Waals surface area contributed by atoms with Crippen molar-refractivity contribution >= 4 is 16.9 Å². The molecule has 6 heteroatoms. The molecule has 0 saturated heterocycles. The van der Waals surface area contributed by atoms with Crippen LogP contribution in [0.1, 0.15) is 25.0 Å². The van der Waals surface area contributed by atoms with Gasteiger partial charge in [0.2, 0.25) is 5.91 Å². The molecule has 0 atom stereocenters. The molecule has 0 radical (unpaired) electrons. The van der Waals surface area contributed by atoms with Crippen LogP contribution in [0.3, 0.4) is 0 Å². The van der Waals surface area contributed by atoms with E-state index in [1.54, 1.807) is 4.68 Å². The number of amides is 1. The summed E-state index contributed by atoms with van der Waals surface area (Å²) in [6.45, 7) is 7.08. The standard InChI is InChI=1S/C21H25N5O/c1-21(2,25-12-11-16-7-3-4-8-17(16)13-25)15-22-20(27)14-26-19-10-6-5-9-18(19)23-24-26/h3-10H,11-15H2,1-2H3,(H,22,27). The predicted molar refractivity (Wildman–Crippen MR) is 105 cm³/mol. The smallest absolute Gasteiger partial charge is 0.241 e. The molecule has 4 rings (SSSR count). The lowest BCUT2D eigenvalue weighted by molar-refractivity contribution is -0.122. The van der Waals surface area contributed by atoms with Crippen molar-refractivity contribution in [1.82, 2.24) is 25.2 Å². The van der Waals surface area contributed by atoms with Crippen molar-refractivity contribution in [2.24, 2.45) is 0 Å². The largest absolute Gasteiger partial charge is 0.353 e. The summed E-state index contributed by atoms with van der Waals surface area (Å²) in [6, 6.07) is 16.3. The number of carbonyl (C=O) groups is 1. The first-order valence-corrected chi connectivity index (χ1v) is 9.40. The van der Waals surface area contributed by atoms with Crippen LogP contribution in [0, 0.1) is 0 Å². The highest BCUT2D eigenvalue weighted by molar-refractivity contribution is 5.79. The topological polar surface area (TPSA) is 63.1 Å². The molecule has 0 spiro atoms. The van der Waals surface area contributed by atoms with Crippen molar-refractivity contribution in [3.05, 3.63) is 59.7 Å². The van der Waals surface area contributed by atoms with Gasteiger partial charge in [-0.1, -0.05) is 41.6 Å². The Balaban J connectivity index is 1.37. The van der Waals surface area contributed by atoms with E-state index in [9.17, 15) is 4.79 Å². The fourth-order valence-corrected chi connectivity index (χ4v) is 3.67. The molecule has 1 aromatic heterocycles. The second kappa shape index (κ2) is 7.12. The molecule has 6 nitrogen and oxygen atoms in total. The quantitative estimate of drug-likeness (QED) is 0.756. The van der Waals surface area contributed by atoms with E-state index in [-0.39, 0.29) is 18.0 Å². The number of fused-ring (bicyclic) bond motifs is 2. The third-order valence-corrected chi connectivity index (χ3v) is 5.42. The third kappa shape index (κ3) is 3.71. The van der Waals surface area contributed by atoms with Gasteiger partial charge in [0, 0.05) is 25.2 Å². The van der Waals surface area contributed by atoms with Gasteiger partial charge in [0.15, 0.2) is 0 Å². The highest BCUT2D eigenvalue weighted by atomic mass is 16.2. The van der Waals surface area contributed by atoms with E-state index in [1.807, 2.05) is 24.3 Å². The molecule has 2 heterocycles. The normalized spacial score (nSPS) is 14.9. The van der Waals surface area contributed by atoms with Crippen molar-refractivity contribution in [2.45, 2.75) is 38.9 Å². The number of nitrogens with one attached hydrogen (secondary N) is 1. The minimum absolute atomic E-state index is 0.0452. The maximum Gasteiger partial charge on any atom is 0.241 e. The van der Waals surface area contributed by atoms with E-state index in [0.717, 1.165) is 30.5 Å². The first-order valence-electron chi connectivity index (χ1n) is 9.40. The average molecular weight is 363 g/mol. The van der Waals surface area contributed by atoms with Crippen molar-refractivity contribution in [1.29, 1.82) is 0 Å². The number of benzene rings is 2. The molecule has 1 amide bonds. The van der Waals surface area contributed by atoms with E-state index >= 15 is 0 Å². The van der Waals surface area contributed by atoms with Crippen LogP contribution in [0.15, 0.2) is 48.5 Å². The number of rotatable bonds is 5. The molecule has 0 fully saturated rings. The Morgan fingerprint density at radius 1 is 1.11 bits per heavy atom. The Morgan fingerprint density at radius 3 is 2.70 bits per heavy atom. The molecule has 0 aliphatic carbocycles. The van der Waals surface area contributed by atoms with Gasteiger partial charge in [-0.15, -0.1) is 5.10 Å². The second-order valence-electron chi connectivity index (χ2n) is 7.77. The summed E-state index contributed by atoms with van der Waals surface area (Å²) in [6.07, 6.45) is 1.05. The monoisotopic (exact) mass is 363 g/mol. The van der Waals surface area contributed by atoms with Crippen molar-refractivity contribution in [3.63, 3.8) is 0 Å². The van der Waals surface area contributed by atoms with Crippen molar-refractivity contribution in [3.8, 4) is 0 Å². The first kappa shape index (κ1) is 17.7. The summed E-state index contributed by atoms with van der Waals surface area (Å²) in [7, 11) is 0. The molecule has 0 saturated carbocycles. The van der Waals surface area contributed by atoms with Crippen LogP contribution in [0.5, 0.6) is 0 Å². The van der Waals surface area contributed by atoms with E-state index in [1.165, 1.54) is 11.1 Å². The molecule has 0 unspecified atom stereocenters. The molecule has 140 valence electrons. The highest BCUT2D eigenvalue weighted by Gasteiger charge is 2.30. The van der Waals surface area contributed by atoms with Gasteiger partial charge in [-0.05, 0) is 43.5 Å². The van der Waals surface area contributed by atoms with Crippen LogP contribution in [-0.4, -0.2) is 44.4 Å².